The third-order valence-electron chi connectivity index (χ3n) is 8.51. The van der Waals surface area contributed by atoms with Gasteiger partial charge in [-0.25, -0.2) is 0 Å². The van der Waals surface area contributed by atoms with Crippen molar-refractivity contribution in [3.8, 4) is 0 Å². The molecule has 3 aromatic carbocycles. The predicted octanol–water partition coefficient (Wildman–Crippen LogP) is 5.26. The normalized spacial score (nSPS) is 19.3. The maximum Gasteiger partial charge on any atom is 0.244 e. The summed E-state index contributed by atoms with van der Waals surface area (Å²) in [6, 6.07) is 26.9. The zero-order valence-electron chi connectivity index (χ0n) is 25.0. The molecule has 2 saturated heterocycles. The summed E-state index contributed by atoms with van der Waals surface area (Å²) < 4.78 is 0. The molecule has 230 valence electrons. The molecule has 2 heterocycles. The molecule has 8 heteroatoms. The zero-order valence-corrected chi connectivity index (χ0v) is 25.8. The molecule has 0 saturated carbocycles. The molecule has 7 nitrogen and oxygen atoms in total. The Bertz CT molecular complexity index is 1370. The van der Waals surface area contributed by atoms with Crippen molar-refractivity contribution in [2.24, 2.45) is 0 Å². The summed E-state index contributed by atoms with van der Waals surface area (Å²) in [5.74, 6) is -0.283. The van der Waals surface area contributed by atoms with E-state index in [-0.39, 0.29) is 36.1 Å². The number of hydrogen-bond donors (Lipinski definition) is 2. The van der Waals surface area contributed by atoms with Crippen molar-refractivity contribution < 1.29 is 14.4 Å². The molecule has 2 aliphatic rings. The molecule has 3 amide bonds. The fraction of sp³-hybridized carbons (Fsp3) is 0.361. The minimum Gasteiger partial charge on any atom is -0.351 e. The lowest BCUT2D eigenvalue weighted by Crippen LogP contribution is -2.51. The van der Waals surface area contributed by atoms with Crippen LogP contribution in [0.5, 0.6) is 0 Å². The average molecular weight is 613 g/mol. The first-order valence-electron chi connectivity index (χ1n) is 15.6. The molecule has 0 aromatic heterocycles. The fourth-order valence-corrected chi connectivity index (χ4v) is 6.17. The van der Waals surface area contributed by atoms with E-state index in [0.717, 1.165) is 49.0 Å². The van der Waals surface area contributed by atoms with Crippen molar-refractivity contribution in [1.82, 2.24) is 20.4 Å². The van der Waals surface area contributed by atoms with E-state index < -0.39 is 6.04 Å². The smallest absolute Gasteiger partial charge is 0.244 e. The topological polar surface area (TPSA) is 81.8 Å². The number of hydrogen-bond acceptors (Lipinski definition) is 4. The minimum absolute atomic E-state index is 0.00551. The van der Waals surface area contributed by atoms with Crippen molar-refractivity contribution >= 4 is 35.4 Å². The van der Waals surface area contributed by atoms with Crippen molar-refractivity contribution in [2.75, 3.05) is 32.7 Å². The summed E-state index contributed by atoms with van der Waals surface area (Å²) in [6.45, 7) is 2.86. The van der Waals surface area contributed by atoms with E-state index in [1.165, 1.54) is 6.08 Å². The van der Waals surface area contributed by atoms with Crippen LogP contribution >= 0.6 is 11.6 Å². The van der Waals surface area contributed by atoms with Crippen LogP contribution in [-0.4, -0.2) is 72.3 Å². The Kier molecular flexibility index (Phi) is 11.2. The van der Waals surface area contributed by atoms with Gasteiger partial charge >= 0.3 is 0 Å². The van der Waals surface area contributed by atoms with Crippen molar-refractivity contribution in [1.29, 1.82) is 0 Å². The molecule has 5 rings (SSSR count). The van der Waals surface area contributed by atoms with Gasteiger partial charge in [0, 0.05) is 55.8 Å². The lowest BCUT2D eigenvalue weighted by molar-refractivity contribution is -0.139. The number of nitrogens with one attached hydrogen (secondary N) is 2. The van der Waals surface area contributed by atoms with Crippen molar-refractivity contribution in [3.63, 3.8) is 0 Å². The highest BCUT2D eigenvalue weighted by atomic mass is 35.5. The van der Waals surface area contributed by atoms with Crippen LogP contribution in [0.25, 0.3) is 6.08 Å². The van der Waals surface area contributed by atoms with E-state index in [2.05, 4.69) is 34.9 Å². The van der Waals surface area contributed by atoms with Crippen LogP contribution < -0.4 is 10.6 Å². The van der Waals surface area contributed by atoms with Crippen LogP contribution in [0.2, 0.25) is 5.02 Å². The molecule has 2 aliphatic heterocycles. The van der Waals surface area contributed by atoms with E-state index in [9.17, 15) is 14.4 Å². The molecule has 0 bridgehead atoms. The Morgan fingerprint density at radius 3 is 2.16 bits per heavy atom. The Balaban J connectivity index is 1.31. The number of amides is 3. The Hall–Kier alpha value is -3.94. The summed E-state index contributed by atoms with van der Waals surface area (Å²) in [6.07, 6.45) is 7.13. The summed E-state index contributed by atoms with van der Waals surface area (Å²) in [7, 11) is 0. The molecule has 0 unspecified atom stereocenters. The summed E-state index contributed by atoms with van der Waals surface area (Å²) in [5.41, 5.74) is 3.16. The molecule has 2 fully saturated rings. The van der Waals surface area contributed by atoms with E-state index in [1.54, 1.807) is 18.2 Å². The molecule has 0 radical (unpaired) electrons. The second-order valence-electron chi connectivity index (χ2n) is 11.6. The molecule has 2 N–H and O–H groups in total. The molecule has 44 heavy (non-hydrogen) atoms. The fourth-order valence-electron chi connectivity index (χ4n) is 6.04. The van der Waals surface area contributed by atoms with Crippen LogP contribution in [0.3, 0.4) is 0 Å². The maximum atomic E-state index is 14.1. The number of likely N-dealkylation sites (tertiary alicyclic amines) is 1. The third-order valence-corrected chi connectivity index (χ3v) is 8.76. The van der Waals surface area contributed by atoms with Gasteiger partial charge in [0.25, 0.3) is 0 Å². The molecule has 0 spiro atoms. The number of benzene rings is 3. The molecular formula is C36H41ClN4O3. The highest BCUT2D eigenvalue weighted by Crippen LogP contribution is 2.27. The molecule has 0 aliphatic carbocycles. The highest BCUT2D eigenvalue weighted by molar-refractivity contribution is 6.30. The SMILES string of the molecule is O=C(/C=C/c1ccc(Cl)cc1)NC[C@H]1CCN(CC(c2ccccc2)c2ccccc2)C(=O)[C@@H](CC(=O)N2CCCCC2)N1. The van der Waals surface area contributed by atoms with Gasteiger partial charge in [0.2, 0.25) is 17.7 Å². The lowest BCUT2D eigenvalue weighted by atomic mass is 9.90. The second-order valence-corrected chi connectivity index (χ2v) is 12.1. The first-order valence-corrected chi connectivity index (χ1v) is 16.0. The van der Waals surface area contributed by atoms with Gasteiger partial charge in [-0.2, -0.15) is 0 Å². The Morgan fingerprint density at radius 1 is 0.886 bits per heavy atom. The monoisotopic (exact) mass is 612 g/mol. The quantitative estimate of drug-likeness (QED) is 0.306. The van der Waals surface area contributed by atoms with Gasteiger partial charge in [-0.3, -0.25) is 14.4 Å². The van der Waals surface area contributed by atoms with Gasteiger partial charge in [0.15, 0.2) is 0 Å². The zero-order chi connectivity index (χ0) is 30.7. The van der Waals surface area contributed by atoms with Crippen LogP contribution in [-0.2, 0) is 14.4 Å². The van der Waals surface area contributed by atoms with Crippen LogP contribution in [0.4, 0.5) is 0 Å². The average Bonchev–Trinajstić information content (AvgIpc) is 3.21. The summed E-state index contributed by atoms with van der Waals surface area (Å²) >= 11 is 5.96. The number of halogens is 1. The maximum absolute atomic E-state index is 14.1. The number of piperidine rings is 1. The van der Waals surface area contributed by atoms with Gasteiger partial charge in [-0.05, 0) is 60.6 Å². The second kappa shape index (κ2) is 15.7. The van der Waals surface area contributed by atoms with Gasteiger partial charge in [0.1, 0.15) is 0 Å². The van der Waals surface area contributed by atoms with Gasteiger partial charge in [-0.1, -0.05) is 84.4 Å². The summed E-state index contributed by atoms with van der Waals surface area (Å²) in [5, 5.41) is 7.08. The summed E-state index contributed by atoms with van der Waals surface area (Å²) in [4.78, 5) is 43.9. The molecule has 2 atom stereocenters. The minimum atomic E-state index is -0.661. The van der Waals surface area contributed by atoms with Gasteiger partial charge in [0.05, 0.1) is 12.5 Å². The Morgan fingerprint density at radius 2 is 1.52 bits per heavy atom. The number of nitrogens with zero attached hydrogens (tertiary/aromatic N) is 2. The van der Waals surface area contributed by atoms with E-state index >= 15 is 0 Å². The number of rotatable bonds is 10. The van der Waals surface area contributed by atoms with Gasteiger partial charge in [-0.15, -0.1) is 0 Å². The van der Waals surface area contributed by atoms with E-state index in [4.69, 9.17) is 11.6 Å². The van der Waals surface area contributed by atoms with Crippen LogP contribution in [0, 0.1) is 0 Å². The largest absolute Gasteiger partial charge is 0.351 e. The van der Waals surface area contributed by atoms with E-state index in [0.29, 0.717) is 31.1 Å². The molecular weight excluding hydrogens is 572 g/mol. The van der Waals surface area contributed by atoms with Crippen LogP contribution in [0.15, 0.2) is 91.0 Å². The van der Waals surface area contributed by atoms with Crippen molar-refractivity contribution in [3.05, 3.63) is 113 Å². The van der Waals surface area contributed by atoms with Crippen LogP contribution in [0.1, 0.15) is 54.7 Å². The lowest BCUT2D eigenvalue weighted by Gasteiger charge is -2.31. The Labute approximate surface area is 265 Å². The third kappa shape index (κ3) is 8.80. The van der Waals surface area contributed by atoms with E-state index in [1.807, 2.05) is 58.3 Å². The standard InChI is InChI=1S/C36H41ClN4O3/c37-30-17-14-27(15-18-30)16-19-34(42)38-25-31-20-23-41(36(44)33(39-31)24-35(43)40-21-8-3-9-22-40)26-32(28-10-4-1-5-11-28)29-12-6-2-7-13-29/h1-2,4-7,10-19,31-33,39H,3,8-9,20-26H2,(H,38,42)/b19-16+/t31-,33-/m1/s1. The number of carbonyl (C=O) groups excluding carboxylic acids is 3. The first-order chi connectivity index (χ1) is 21.5. The van der Waals surface area contributed by atoms with Crippen molar-refractivity contribution in [2.45, 2.75) is 50.1 Å². The first kappa shape index (κ1) is 31.5. The van der Waals surface area contributed by atoms with Gasteiger partial charge < -0.3 is 20.4 Å². The predicted molar refractivity (Wildman–Crippen MR) is 175 cm³/mol. The number of carbonyl (C=O) groups is 3. The molecule has 3 aromatic rings. The highest BCUT2D eigenvalue weighted by Gasteiger charge is 2.35.